The molecule has 1 atom stereocenters. The molecule has 0 unspecified atom stereocenters. The van der Waals surface area contributed by atoms with Crippen LogP contribution >= 0.6 is 0 Å². The molecule has 0 saturated carbocycles. The van der Waals surface area contributed by atoms with Crippen molar-refractivity contribution in [2.75, 3.05) is 26.0 Å². The summed E-state index contributed by atoms with van der Waals surface area (Å²) >= 11 is 0. The summed E-state index contributed by atoms with van der Waals surface area (Å²) in [6, 6.07) is 21.3. The number of benzene rings is 3. The summed E-state index contributed by atoms with van der Waals surface area (Å²) in [5.41, 5.74) is 1.55. The third kappa shape index (κ3) is 6.43. The highest BCUT2D eigenvalue weighted by Crippen LogP contribution is 2.19. The highest BCUT2D eigenvalue weighted by Gasteiger charge is 2.21. The average Bonchev–Trinajstić information content (AvgIpc) is 2.84. The predicted molar refractivity (Wildman–Crippen MR) is 130 cm³/mol. The van der Waals surface area contributed by atoms with Gasteiger partial charge in [-0.15, -0.1) is 0 Å². The highest BCUT2D eigenvalue weighted by atomic mass is 32.2. The maximum absolute atomic E-state index is 12.9. The number of sulfonamides is 1. The van der Waals surface area contributed by atoms with E-state index in [9.17, 15) is 18.0 Å². The molecule has 0 aliphatic heterocycles. The molecule has 3 aromatic rings. The molecule has 0 saturated heterocycles. The number of carbonyl (C=O) groups is 2. The maximum atomic E-state index is 12.9. The van der Waals surface area contributed by atoms with Crippen molar-refractivity contribution in [2.45, 2.75) is 17.9 Å². The number of nitrogens with zero attached hydrogens (tertiary/aromatic N) is 1. The van der Waals surface area contributed by atoms with Gasteiger partial charge in [0.25, 0.3) is 5.91 Å². The number of carbonyl (C=O) groups excluding carboxylic acids is 2. The lowest BCUT2D eigenvalue weighted by Gasteiger charge is -2.18. The van der Waals surface area contributed by atoms with Gasteiger partial charge in [-0.05, 0) is 55.0 Å². The number of ether oxygens (including phenoxy) is 1. The van der Waals surface area contributed by atoms with E-state index in [4.69, 9.17) is 4.74 Å². The first-order chi connectivity index (χ1) is 16.2. The van der Waals surface area contributed by atoms with Crippen LogP contribution in [-0.4, -0.2) is 45.8 Å². The lowest BCUT2D eigenvalue weighted by atomic mass is 10.1. The van der Waals surface area contributed by atoms with E-state index in [-0.39, 0.29) is 22.9 Å². The first-order valence-electron chi connectivity index (χ1n) is 10.6. The maximum Gasteiger partial charge on any atom is 0.254 e. The smallest absolute Gasteiger partial charge is 0.254 e. The molecule has 2 amide bonds. The summed E-state index contributed by atoms with van der Waals surface area (Å²) in [4.78, 5) is 26.4. The standard InChI is InChI=1S/C25H27N3O5S/c1-18(19-8-5-4-6-9-19)27-34(31,32)23-11-7-10-20(16-23)25(30)28(2)17-24(29)26-21-12-14-22(33-3)15-13-21/h4-16,18,27H,17H2,1-3H3,(H,26,29)/t18-/m1/s1. The Balaban J connectivity index is 1.66. The largest absolute Gasteiger partial charge is 0.497 e. The molecule has 0 aromatic heterocycles. The van der Waals surface area contributed by atoms with Crippen LogP contribution in [0.5, 0.6) is 5.75 Å². The Kier molecular flexibility index (Phi) is 8.04. The summed E-state index contributed by atoms with van der Waals surface area (Å²) in [7, 11) is -0.840. The van der Waals surface area contributed by atoms with Crippen molar-refractivity contribution in [3.8, 4) is 5.75 Å². The Bertz CT molecular complexity index is 1250. The number of anilines is 1. The summed E-state index contributed by atoms with van der Waals surface area (Å²) in [5.74, 6) is -0.200. The number of hydrogen-bond donors (Lipinski definition) is 2. The first-order valence-corrected chi connectivity index (χ1v) is 12.0. The number of methoxy groups -OCH3 is 1. The Morgan fingerprint density at radius 2 is 1.65 bits per heavy atom. The fraction of sp³-hybridized carbons (Fsp3) is 0.200. The van der Waals surface area contributed by atoms with E-state index in [0.717, 1.165) is 5.56 Å². The van der Waals surface area contributed by atoms with E-state index >= 15 is 0 Å². The van der Waals surface area contributed by atoms with E-state index in [2.05, 4.69) is 10.0 Å². The van der Waals surface area contributed by atoms with Gasteiger partial charge in [0.1, 0.15) is 5.75 Å². The number of likely N-dealkylation sites (N-methyl/N-ethyl adjacent to an activating group) is 1. The molecule has 0 aliphatic carbocycles. The number of hydrogen-bond acceptors (Lipinski definition) is 5. The molecule has 0 heterocycles. The monoisotopic (exact) mass is 481 g/mol. The van der Waals surface area contributed by atoms with Crippen molar-refractivity contribution in [1.29, 1.82) is 0 Å². The lowest BCUT2D eigenvalue weighted by Crippen LogP contribution is -2.35. The van der Waals surface area contributed by atoms with Gasteiger partial charge in [-0.2, -0.15) is 0 Å². The van der Waals surface area contributed by atoms with Gasteiger partial charge in [-0.1, -0.05) is 36.4 Å². The summed E-state index contributed by atoms with van der Waals surface area (Å²) in [6.07, 6.45) is 0. The van der Waals surface area contributed by atoms with Crippen LogP contribution in [0.15, 0.2) is 83.8 Å². The molecule has 34 heavy (non-hydrogen) atoms. The molecule has 2 N–H and O–H groups in total. The zero-order chi connectivity index (χ0) is 24.7. The van der Waals surface area contributed by atoms with Crippen molar-refractivity contribution in [3.05, 3.63) is 90.0 Å². The third-order valence-corrected chi connectivity index (χ3v) is 6.66. The highest BCUT2D eigenvalue weighted by molar-refractivity contribution is 7.89. The summed E-state index contributed by atoms with van der Waals surface area (Å²) < 4.78 is 33.5. The van der Waals surface area contributed by atoms with Crippen LogP contribution in [0.25, 0.3) is 0 Å². The second-order valence-corrected chi connectivity index (χ2v) is 9.43. The van der Waals surface area contributed by atoms with Crippen LogP contribution in [0.2, 0.25) is 0 Å². The van der Waals surface area contributed by atoms with E-state index < -0.39 is 22.0 Å². The van der Waals surface area contributed by atoms with Crippen molar-refractivity contribution < 1.29 is 22.7 Å². The zero-order valence-corrected chi connectivity index (χ0v) is 20.0. The van der Waals surface area contributed by atoms with Crippen molar-refractivity contribution >= 4 is 27.5 Å². The Morgan fingerprint density at radius 3 is 2.29 bits per heavy atom. The number of rotatable bonds is 9. The van der Waals surface area contributed by atoms with Gasteiger partial charge in [-0.25, -0.2) is 13.1 Å². The SMILES string of the molecule is COc1ccc(NC(=O)CN(C)C(=O)c2cccc(S(=O)(=O)N[C@H](C)c3ccccc3)c2)cc1. The molecule has 0 spiro atoms. The van der Waals surface area contributed by atoms with Crippen LogP contribution < -0.4 is 14.8 Å². The molecule has 0 radical (unpaired) electrons. The minimum atomic E-state index is -3.87. The number of nitrogens with one attached hydrogen (secondary N) is 2. The van der Waals surface area contributed by atoms with Gasteiger partial charge in [0, 0.05) is 24.3 Å². The normalized spacial score (nSPS) is 12.0. The molecule has 8 nitrogen and oxygen atoms in total. The molecular formula is C25H27N3O5S. The zero-order valence-electron chi connectivity index (χ0n) is 19.2. The van der Waals surface area contributed by atoms with Crippen molar-refractivity contribution in [2.24, 2.45) is 0 Å². The van der Waals surface area contributed by atoms with Crippen molar-refractivity contribution in [1.82, 2.24) is 9.62 Å². The first kappa shape index (κ1) is 24.9. The van der Waals surface area contributed by atoms with Crippen LogP contribution in [0, 0.1) is 0 Å². The van der Waals surface area contributed by atoms with Crippen LogP contribution in [0.4, 0.5) is 5.69 Å². The quantitative estimate of drug-likeness (QED) is 0.487. The van der Waals surface area contributed by atoms with Gasteiger partial charge in [-0.3, -0.25) is 9.59 Å². The fourth-order valence-electron chi connectivity index (χ4n) is 3.29. The Hall–Kier alpha value is -3.69. The lowest BCUT2D eigenvalue weighted by molar-refractivity contribution is -0.116. The molecule has 0 aliphatic rings. The van der Waals surface area contributed by atoms with Gasteiger partial charge in [0.05, 0.1) is 18.6 Å². The molecule has 3 aromatic carbocycles. The second kappa shape index (κ2) is 11.0. The Morgan fingerprint density at radius 1 is 0.971 bits per heavy atom. The van der Waals surface area contributed by atoms with Crippen LogP contribution in [-0.2, 0) is 14.8 Å². The van der Waals surface area contributed by atoms with Crippen LogP contribution in [0.3, 0.4) is 0 Å². The van der Waals surface area contributed by atoms with E-state index in [1.165, 1.54) is 36.2 Å². The topological polar surface area (TPSA) is 105 Å². The van der Waals surface area contributed by atoms with E-state index in [1.54, 1.807) is 38.3 Å². The predicted octanol–water partition coefficient (Wildman–Crippen LogP) is 3.45. The number of amides is 2. The molecule has 3 rings (SSSR count). The molecular weight excluding hydrogens is 454 g/mol. The second-order valence-electron chi connectivity index (χ2n) is 7.72. The van der Waals surface area contributed by atoms with Gasteiger partial charge >= 0.3 is 0 Å². The van der Waals surface area contributed by atoms with E-state index in [1.807, 2.05) is 30.3 Å². The molecule has 9 heteroatoms. The fourth-order valence-corrected chi connectivity index (χ4v) is 4.57. The van der Waals surface area contributed by atoms with Crippen molar-refractivity contribution in [3.63, 3.8) is 0 Å². The Labute approximate surface area is 199 Å². The minimum absolute atomic E-state index is 0.0304. The van der Waals surface area contributed by atoms with Gasteiger partial charge < -0.3 is 15.0 Å². The summed E-state index contributed by atoms with van der Waals surface area (Å²) in [6.45, 7) is 1.54. The third-order valence-electron chi connectivity index (χ3n) is 5.12. The molecule has 0 bridgehead atoms. The average molecular weight is 482 g/mol. The van der Waals surface area contributed by atoms with Gasteiger partial charge in [0.15, 0.2) is 0 Å². The molecule has 0 fully saturated rings. The van der Waals surface area contributed by atoms with Gasteiger partial charge in [0.2, 0.25) is 15.9 Å². The van der Waals surface area contributed by atoms with Crippen LogP contribution in [0.1, 0.15) is 28.9 Å². The minimum Gasteiger partial charge on any atom is -0.497 e. The molecule has 178 valence electrons. The van der Waals surface area contributed by atoms with E-state index in [0.29, 0.717) is 11.4 Å². The summed E-state index contributed by atoms with van der Waals surface area (Å²) in [5, 5.41) is 2.71.